The molecule has 0 bridgehead atoms. The summed E-state index contributed by atoms with van der Waals surface area (Å²) in [5.74, 6) is 0.552. The van der Waals surface area contributed by atoms with Crippen LogP contribution in [0.5, 0.6) is 5.75 Å². The van der Waals surface area contributed by atoms with Gasteiger partial charge in [0.25, 0.3) is 5.91 Å². The Morgan fingerprint density at radius 3 is 2.89 bits per heavy atom. The number of nitrogens with two attached hydrogens (primary N) is 1. The number of unbranched alkanes of at least 4 members (excludes halogenated alkanes) is 1. The Bertz CT molecular complexity index is 397. The Morgan fingerprint density at radius 2 is 2.28 bits per heavy atom. The van der Waals surface area contributed by atoms with Gasteiger partial charge in [0.15, 0.2) is 6.61 Å². The van der Waals surface area contributed by atoms with Crippen molar-refractivity contribution in [1.82, 2.24) is 5.32 Å². The largest absolute Gasteiger partial charge is 0.483 e. The van der Waals surface area contributed by atoms with Crippen molar-refractivity contribution in [2.24, 2.45) is 5.73 Å². The number of carbonyl (C=O) groups is 1. The van der Waals surface area contributed by atoms with Crippen molar-refractivity contribution in [3.8, 4) is 5.75 Å². The zero-order valence-electron chi connectivity index (χ0n) is 10.5. The Balaban J connectivity index is 2.41. The van der Waals surface area contributed by atoms with E-state index in [0.717, 1.165) is 22.9 Å². The second-order valence-corrected chi connectivity index (χ2v) is 4.82. The summed E-state index contributed by atoms with van der Waals surface area (Å²) in [7, 11) is 0. The van der Waals surface area contributed by atoms with E-state index in [1.807, 2.05) is 18.2 Å². The summed E-state index contributed by atoms with van der Waals surface area (Å²) in [6, 6.07) is 5.59. The van der Waals surface area contributed by atoms with Gasteiger partial charge < -0.3 is 15.8 Å². The third kappa shape index (κ3) is 5.06. The van der Waals surface area contributed by atoms with Crippen molar-refractivity contribution in [1.29, 1.82) is 0 Å². The Labute approximate surface area is 116 Å². The Morgan fingerprint density at radius 1 is 1.50 bits per heavy atom. The molecule has 0 unspecified atom stereocenters. The lowest BCUT2D eigenvalue weighted by molar-refractivity contribution is -0.123. The molecule has 0 heterocycles. The summed E-state index contributed by atoms with van der Waals surface area (Å²) in [5.41, 5.74) is 6.55. The van der Waals surface area contributed by atoms with Gasteiger partial charge in [0, 0.05) is 13.1 Å². The number of nitrogens with one attached hydrogen (secondary N) is 1. The molecule has 0 saturated carbocycles. The fraction of sp³-hybridized carbons (Fsp3) is 0.462. The van der Waals surface area contributed by atoms with Crippen LogP contribution < -0.4 is 15.8 Å². The molecule has 0 radical (unpaired) electrons. The van der Waals surface area contributed by atoms with Crippen LogP contribution in [0.2, 0.25) is 0 Å². The van der Waals surface area contributed by atoms with Gasteiger partial charge in [0.05, 0.1) is 4.47 Å². The third-order valence-electron chi connectivity index (χ3n) is 2.44. The SMILES string of the molecule is CCCCNC(=O)COc1ccc(CN)cc1Br. The molecule has 0 spiro atoms. The minimum Gasteiger partial charge on any atom is -0.483 e. The smallest absolute Gasteiger partial charge is 0.257 e. The molecule has 18 heavy (non-hydrogen) atoms. The number of halogens is 1. The number of ether oxygens (including phenoxy) is 1. The zero-order valence-corrected chi connectivity index (χ0v) is 12.1. The van der Waals surface area contributed by atoms with Crippen LogP contribution in [0, 0.1) is 0 Å². The summed E-state index contributed by atoms with van der Waals surface area (Å²) in [5, 5.41) is 2.80. The van der Waals surface area contributed by atoms with E-state index >= 15 is 0 Å². The monoisotopic (exact) mass is 314 g/mol. The molecule has 0 aliphatic carbocycles. The number of hydrogen-bond donors (Lipinski definition) is 2. The lowest BCUT2D eigenvalue weighted by Gasteiger charge is -2.09. The van der Waals surface area contributed by atoms with Crippen LogP contribution in [0.4, 0.5) is 0 Å². The molecule has 0 fully saturated rings. The van der Waals surface area contributed by atoms with Crippen molar-refractivity contribution < 1.29 is 9.53 Å². The third-order valence-corrected chi connectivity index (χ3v) is 3.06. The molecule has 0 saturated heterocycles. The van der Waals surface area contributed by atoms with Gasteiger partial charge in [-0.1, -0.05) is 19.4 Å². The molecule has 1 aromatic carbocycles. The molecular formula is C13H19BrN2O2. The van der Waals surface area contributed by atoms with Crippen molar-refractivity contribution in [3.63, 3.8) is 0 Å². The van der Waals surface area contributed by atoms with Crippen LogP contribution in [-0.4, -0.2) is 19.1 Å². The maximum Gasteiger partial charge on any atom is 0.257 e. The minimum atomic E-state index is -0.0988. The Hall–Kier alpha value is -1.07. The van der Waals surface area contributed by atoms with Crippen LogP contribution >= 0.6 is 15.9 Å². The first-order valence-electron chi connectivity index (χ1n) is 6.05. The van der Waals surface area contributed by atoms with Crippen LogP contribution in [0.1, 0.15) is 25.3 Å². The van der Waals surface area contributed by atoms with E-state index in [1.165, 1.54) is 0 Å². The molecule has 0 aliphatic rings. The highest BCUT2D eigenvalue weighted by atomic mass is 79.9. The van der Waals surface area contributed by atoms with Crippen LogP contribution in [0.15, 0.2) is 22.7 Å². The summed E-state index contributed by atoms with van der Waals surface area (Å²) >= 11 is 3.39. The molecule has 100 valence electrons. The quantitative estimate of drug-likeness (QED) is 0.758. The molecular weight excluding hydrogens is 296 g/mol. The number of hydrogen-bond acceptors (Lipinski definition) is 3. The van der Waals surface area contributed by atoms with Gasteiger partial charge in [-0.2, -0.15) is 0 Å². The van der Waals surface area contributed by atoms with Gasteiger partial charge in [0.2, 0.25) is 0 Å². The maximum atomic E-state index is 11.5. The van der Waals surface area contributed by atoms with Gasteiger partial charge in [-0.25, -0.2) is 0 Å². The Kier molecular flexibility index (Phi) is 6.75. The number of benzene rings is 1. The molecule has 3 N–H and O–H groups in total. The highest BCUT2D eigenvalue weighted by Gasteiger charge is 2.05. The first kappa shape index (κ1) is 15.0. The van der Waals surface area contributed by atoms with E-state index in [1.54, 1.807) is 0 Å². The predicted molar refractivity (Wildman–Crippen MR) is 75.4 cm³/mol. The van der Waals surface area contributed by atoms with E-state index in [0.29, 0.717) is 18.8 Å². The van der Waals surface area contributed by atoms with E-state index in [9.17, 15) is 4.79 Å². The fourth-order valence-corrected chi connectivity index (χ4v) is 1.93. The molecule has 5 heteroatoms. The minimum absolute atomic E-state index is 0.0320. The lowest BCUT2D eigenvalue weighted by Crippen LogP contribution is -2.29. The normalized spacial score (nSPS) is 10.2. The standard InChI is InChI=1S/C13H19BrN2O2/c1-2-3-6-16-13(17)9-18-12-5-4-10(8-15)7-11(12)14/h4-5,7H,2-3,6,8-9,15H2,1H3,(H,16,17). The molecule has 4 nitrogen and oxygen atoms in total. The van der Waals surface area contributed by atoms with Crippen molar-refractivity contribution >= 4 is 21.8 Å². The van der Waals surface area contributed by atoms with Crippen LogP contribution in [-0.2, 0) is 11.3 Å². The maximum absolute atomic E-state index is 11.5. The van der Waals surface area contributed by atoms with Crippen molar-refractivity contribution in [3.05, 3.63) is 28.2 Å². The first-order chi connectivity index (χ1) is 8.67. The van der Waals surface area contributed by atoms with Gasteiger partial charge in [-0.3, -0.25) is 4.79 Å². The average molecular weight is 315 g/mol. The van der Waals surface area contributed by atoms with Gasteiger partial charge >= 0.3 is 0 Å². The first-order valence-corrected chi connectivity index (χ1v) is 6.84. The zero-order chi connectivity index (χ0) is 13.4. The van der Waals surface area contributed by atoms with E-state index in [-0.39, 0.29) is 12.5 Å². The highest BCUT2D eigenvalue weighted by Crippen LogP contribution is 2.25. The second-order valence-electron chi connectivity index (χ2n) is 3.96. The number of carbonyl (C=O) groups excluding carboxylic acids is 1. The van der Waals surface area contributed by atoms with E-state index < -0.39 is 0 Å². The van der Waals surface area contributed by atoms with Crippen molar-refractivity contribution in [2.45, 2.75) is 26.3 Å². The van der Waals surface area contributed by atoms with Gasteiger partial charge in [-0.15, -0.1) is 0 Å². The average Bonchev–Trinajstić information content (AvgIpc) is 2.37. The molecule has 1 rings (SSSR count). The fourth-order valence-electron chi connectivity index (χ4n) is 1.39. The van der Waals surface area contributed by atoms with Gasteiger partial charge in [-0.05, 0) is 40.0 Å². The molecule has 0 aromatic heterocycles. The summed E-state index contributed by atoms with van der Waals surface area (Å²) in [4.78, 5) is 11.5. The van der Waals surface area contributed by atoms with Gasteiger partial charge in [0.1, 0.15) is 5.75 Å². The topological polar surface area (TPSA) is 64.3 Å². The van der Waals surface area contributed by atoms with Crippen LogP contribution in [0.3, 0.4) is 0 Å². The highest BCUT2D eigenvalue weighted by molar-refractivity contribution is 9.10. The summed E-state index contributed by atoms with van der Waals surface area (Å²) < 4.78 is 6.24. The predicted octanol–water partition coefficient (Wildman–Crippen LogP) is 2.20. The molecule has 1 amide bonds. The number of amides is 1. The molecule has 0 aliphatic heterocycles. The number of rotatable bonds is 7. The van der Waals surface area contributed by atoms with E-state index in [2.05, 4.69) is 28.2 Å². The lowest BCUT2D eigenvalue weighted by atomic mass is 10.2. The second kappa shape index (κ2) is 8.11. The molecule has 1 aromatic rings. The van der Waals surface area contributed by atoms with E-state index in [4.69, 9.17) is 10.5 Å². The summed E-state index contributed by atoms with van der Waals surface area (Å²) in [6.45, 7) is 3.30. The van der Waals surface area contributed by atoms with Crippen LogP contribution in [0.25, 0.3) is 0 Å². The van der Waals surface area contributed by atoms with Crippen molar-refractivity contribution in [2.75, 3.05) is 13.2 Å². The molecule has 0 atom stereocenters. The summed E-state index contributed by atoms with van der Waals surface area (Å²) in [6.07, 6.45) is 2.05.